The first kappa shape index (κ1) is 41.3. The van der Waals surface area contributed by atoms with E-state index in [0.717, 1.165) is 16.5 Å². The fourth-order valence-electron chi connectivity index (χ4n) is 7.19. The van der Waals surface area contributed by atoms with Gasteiger partial charge in [0.05, 0.1) is 41.7 Å². The summed E-state index contributed by atoms with van der Waals surface area (Å²) >= 11 is 0. The van der Waals surface area contributed by atoms with Gasteiger partial charge in [-0.3, -0.25) is 14.4 Å². The Morgan fingerprint density at radius 3 is 2.51 bits per heavy atom. The van der Waals surface area contributed by atoms with Crippen LogP contribution in [0.25, 0.3) is 22.3 Å². The monoisotopic (exact) mass is 765 g/mol. The normalized spacial score (nSPS) is 17.7. The Kier molecular flexibility index (Phi) is 12.7. The van der Waals surface area contributed by atoms with Gasteiger partial charge in [-0.2, -0.15) is 0 Å². The van der Waals surface area contributed by atoms with Gasteiger partial charge in [-0.25, -0.2) is 14.6 Å². The fourth-order valence-corrected chi connectivity index (χ4v) is 7.19. The number of esters is 3. The van der Waals surface area contributed by atoms with Gasteiger partial charge in [-0.15, -0.1) is 0 Å². The molecule has 3 aromatic rings. The SMILES string of the molecule is CCc1c2c(nc3ccc(O)cc13)-c1cc3c(c(=O)n1C2)COC(=O)[C@@]3(CC)OC(=O)[C@H](C)NC(=O)CCCC(=O)OCC(OC)OC(CO)CC(C)(C)C. The van der Waals surface area contributed by atoms with E-state index in [-0.39, 0.29) is 74.3 Å². The number of benzene rings is 1. The smallest absolute Gasteiger partial charge is 0.355 e. The molecule has 0 aliphatic carbocycles. The molecule has 55 heavy (non-hydrogen) atoms. The number of hydrogen-bond acceptors (Lipinski definition) is 13. The minimum Gasteiger partial charge on any atom is -0.508 e. The van der Waals surface area contributed by atoms with Crippen LogP contribution < -0.4 is 10.9 Å². The molecule has 15 nitrogen and oxygen atoms in total. The molecule has 5 rings (SSSR count). The highest BCUT2D eigenvalue weighted by Gasteiger charge is 2.51. The van der Waals surface area contributed by atoms with Gasteiger partial charge in [-0.1, -0.05) is 34.6 Å². The van der Waals surface area contributed by atoms with Crippen LogP contribution in [-0.2, 0) is 68.0 Å². The van der Waals surface area contributed by atoms with E-state index in [4.69, 9.17) is 28.7 Å². The van der Waals surface area contributed by atoms with Crippen molar-refractivity contribution >= 4 is 34.7 Å². The largest absolute Gasteiger partial charge is 0.508 e. The van der Waals surface area contributed by atoms with Crippen molar-refractivity contribution in [3.05, 3.63) is 56.9 Å². The maximum atomic E-state index is 14.0. The van der Waals surface area contributed by atoms with Crippen LogP contribution >= 0.6 is 0 Å². The van der Waals surface area contributed by atoms with Gasteiger partial charge in [0.2, 0.25) is 11.5 Å². The number of amides is 1. The number of methoxy groups -OCH3 is 1. The lowest BCUT2D eigenvalue weighted by molar-refractivity contribution is -0.198. The number of carbonyl (C=O) groups is 4. The van der Waals surface area contributed by atoms with Crippen molar-refractivity contribution in [2.45, 2.75) is 117 Å². The lowest BCUT2D eigenvalue weighted by atomic mass is 9.85. The number of aryl methyl sites for hydroxylation is 1. The van der Waals surface area contributed by atoms with Crippen LogP contribution in [0, 0.1) is 5.41 Å². The summed E-state index contributed by atoms with van der Waals surface area (Å²) in [7, 11) is 1.40. The Bertz CT molecular complexity index is 2020. The predicted molar refractivity (Wildman–Crippen MR) is 199 cm³/mol. The summed E-state index contributed by atoms with van der Waals surface area (Å²) in [5, 5.41) is 23.1. The molecule has 1 amide bonds. The van der Waals surface area contributed by atoms with E-state index in [2.05, 4.69) is 5.32 Å². The molecule has 4 heterocycles. The van der Waals surface area contributed by atoms with E-state index in [0.29, 0.717) is 29.7 Å². The highest BCUT2D eigenvalue weighted by atomic mass is 16.7. The van der Waals surface area contributed by atoms with Gasteiger partial charge in [0.15, 0.2) is 6.29 Å². The molecule has 0 saturated heterocycles. The summed E-state index contributed by atoms with van der Waals surface area (Å²) in [5.41, 5.74) is 1.34. The number of aromatic hydroxyl groups is 1. The van der Waals surface area contributed by atoms with Crippen molar-refractivity contribution in [2.75, 3.05) is 20.3 Å². The summed E-state index contributed by atoms with van der Waals surface area (Å²) in [5.74, 6) is -2.78. The lowest BCUT2D eigenvalue weighted by Gasteiger charge is -2.36. The summed E-state index contributed by atoms with van der Waals surface area (Å²) in [6, 6.07) is 5.37. The standard InChI is InChI=1S/C40H51N3O12/c1-8-25-26-15-23(45)13-14-30(26)42-35-27(25)18-43-31(35)16-29-28(36(43)48)20-53-38(50)40(29,9-2)55-37(49)22(3)41-32(46)11-10-12-33(47)52-21-34(51-7)54-24(19-44)17-39(4,5)6/h13-16,22,24,34,44-45H,8-12,17-21H2,1-7H3,(H,41,46)/t22-,24?,34?,40-/m0/s1. The molecule has 0 radical (unpaired) electrons. The van der Waals surface area contributed by atoms with E-state index in [1.807, 2.05) is 27.7 Å². The second-order valence-corrected chi connectivity index (χ2v) is 15.2. The quantitative estimate of drug-likeness (QED) is 0.0843. The predicted octanol–water partition coefficient (Wildman–Crippen LogP) is 3.90. The third-order valence-electron chi connectivity index (χ3n) is 9.93. The van der Waals surface area contributed by atoms with Crippen molar-refractivity contribution in [1.29, 1.82) is 0 Å². The topological polar surface area (TPSA) is 202 Å². The highest BCUT2D eigenvalue weighted by molar-refractivity contribution is 5.91. The van der Waals surface area contributed by atoms with Gasteiger partial charge in [0.1, 0.15) is 25.0 Å². The molecule has 2 aliphatic rings. The van der Waals surface area contributed by atoms with Crippen LogP contribution in [0.3, 0.4) is 0 Å². The molecule has 298 valence electrons. The molecular formula is C40H51N3O12. The molecule has 2 aliphatic heterocycles. The zero-order valence-electron chi connectivity index (χ0n) is 32.5. The average Bonchev–Trinajstić information content (AvgIpc) is 3.50. The Morgan fingerprint density at radius 2 is 1.85 bits per heavy atom. The average molecular weight is 766 g/mol. The Hall–Kier alpha value is -4.86. The lowest BCUT2D eigenvalue weighted by Crippen LogP contribution is -2.50. The highest BCUT2D eigenvalue weighted by Crippen LogP contribution is 2.42. The van der Waals surface area contributed by atoms with Crippen LogP contribution in [0.1, 0.15) is 95.9 Å². The van der Waals surface area contributed by atoms with Gasteiger partial charge < -0.3 is 43.8 Å². The number of rotatable bonds is 16. The number of aliphatic hydroxyl groups excluding tert-OH is 1. The molecule has 4 atom stereocenters. The molecule has 2 unspecified atom stereocenters. The maximum Gasteiger partial charge on any atom is 0.355 e. The summed E-state index contributed by atoms with van der Waals surface area (Å²) in [6.45, 7) is 10.6. The molecule has 1 aromatic carbocycles. The number of cyclic esters (lactones) is 1. The second kappa shape index (κ2) is 16.9. The second-order valence-electron chi connectivity index (χ2n) is 15.2. The molecule has 2 aromatic heterocycles. The van der Waals surface area contributed by atoms with E-state index in [9.17, 15) is 34.2 Å². The van der Waals surface area contributed by atoms with Crippen LogP contribution in [0.15, 0.2) is 29.1 Å². The van der Waals surface area contributed by atoms with Crippen molar-refractivity contribution in [1.82, 2.24) is 14.9 Å². The molecule has 0 bridgehead atoms. The number of carbonyl (C=O) groups excluding carboxylic acids is 4. The first-order chi connectivity index (χ1) is 26.0. The van der Waals surface area contributed by atoms with E-state index >= 15 is 0 Å². The molecule has 0 spiro atoms. The van der Waals surface area contributed by atoms with Crippen LogP contribution in [0.5, 0.6) is 5.75 Å². The summed E-state index contributed by atoms with van der Waals surface area (Å²) in [4.78, 5) is 71.0. The summed E-state index contributed by atoms with van der Waals surface area (Å²) in [6.07, 6.45) is -0.334. The first-order valence-corrected chi connectivity index (χ1v) is 18.6. The number of fused-ring (bicyclic) bond motifs is 5. The number of aromatic nitrogens is 2. The minimum atomic E-state index is -1.96. The van der Waals surface area contributed by atoms with Gasteiger partial charge in [0.25, 0.3) is 5.56 Å². The molecular weight excluding hydrogens is 714 g/mol. The number of hydrogen-bond donors (Lipinski definition) is 3. The molecule has 0 saturated carbocycles. The number of ether oxygens (including phenoxy) is 5. The van der Waals surface area contributed by atoms with Crippen molar-refractivity contribution in [2.24, 2.45) is 5.41 Å². The molecule has 3 N–H and O–H groups in total. The number of phenols is 1. The third-order valence-corrected chi connectivity index (χ3v) is 9.93. The van der Waals surface area contributed by atoms with E-state index in [1.54, 1.807) is 35.8 Å². The first-order valence-electron chi connectivity index (χ1n) is 18.6. The zero-order valence-corrected chi connectivity index (χ0v) is 32.5. The fraction of sp³-hybridized carbons (Fsp3) is 0.550. The third kappa shape index (κ3) is 8.84. The van der Waals surface area contributed by atoms with E-state index in [1.165, 1.54) is 14.0 Å². The Labute approximate surface area is 319 Å². The van der Waals surface area contributed by atoms with Crippen molar-refractivity contribution < 1.29 is 53.1 Å². The number of phenolic OH excluding ortho intramolecular Hbond substituents is 1. The Morgan fingerprint density at radius 1 is 1.11 bits per heavy atom. The summed E-state index contributed by atoms with van der Waals surface area (Å²) < 4.78 is 29.1. The van der Waals surface area contributed by atoms with Crippen LogP contribution in [0.2, 0.25) is 0 Å². The minimum absolute atomic E-state index is 0.0556. The number of nitrogens with zero attached hydrogens (tertiary/aromatic N) is 2. The van der Waals surface area contributed by atoms with Crippen molar-refractivity contribution in [3.63, 3.8) is 0 Å². The van der Waals surface area contributed by atoms with Crippen LogP contribution in [0.4, 0.5) is 0 Å². The van der Waals surface area contributed by atoms with Crippen molar-refractivity contribution in [3.8, 4) is 17.1 Å². The number of pyridine rings is 2. The molecule has 0 fully saturated rings. The van der Waals surface area contributed by atoms with Gasteiger partial charge in [-0.05, 0) is 67.9 Å². The number of aliphatic hydroxyl groups is 1. The maximum absolute atomic E-state index is 14.0. The van der Waals surface area contributed by atoms with Gasteiger partial charge >= 0.3 is 17.9 Å². The molecule has 15 heteroatoms. The number of nitrogens with one attached hydrogen (secondary N) is 1. The van der Waals surface area contributed by atoms with Gasteiger partial charge in [0, 0.05) is 36.5 Å². The Balaban J connectivity index is 1.23. The zero-order chi connectivity index (χ0) is 40.2. The van der Waals surface area contributed by atoms with Crippen LogP contribution in [-0.4, -0.2) is 82.3 Å². The van der Waals surface area contributed by atoms with E-state index < -0.39 is 53.4 Å².